The number of anilines is 1. The van der Waals surface area contributed by atoms with Crippen LogP contribution in [0.5, 0.6) is 0 Å². The maximum atomic E-state index is 12.7. The molecule has 1 aliphatic heterocycles. The van der Waals surface area contributed by atoms with Crippen molar-refractivity contribution in [3.8, 4) is 11.3 Å². The molecule has 5 rings (SSSR count). The van der Waals surface area contributed by atoms with E-state index in [1.165, 1.54) is 0 Å². The summed E-state index contributed by atoms with van der Waals surface area (Å²) in [5, 5.41) is 8.21. The summed E-state index contributed by atoms with van der Waals surface area (Å²) in [6, 6.07) is 20.5. The van der Waals surface area contributed by atoms with Gasteiger partial charge in [-0.25, -0.2) is 4.68 Å². The molecule has 1 aliphatic rings. The zero-order valence-corrected chi connectivity index (χ0v) is 19.2. The lowest BCUT2D eigenvalue weighted by atomic mass is 10.1. The Kier molecular flexibility index (Phi) is 6.18. The zero-order valence-electron chi connectivity index (χ0n) is 18.4. The maximum absolute atomic E-state index is 12.7. The highest BCUT2D eigenvalue weighted by Crippen LogP contribution is 2.30. The molecule has 0 atom stereocenters. The molecule has 2 amide bonds. The number of nitrogens with zero attached hydrogens (tertiary/aromatic N) is 3. The Balaban J connectivity index is 1.27. The lowest BCUT2D eigenvalue weighted by Gasteiger charge is -2.27. The molecule has 4 aromatic rings. The van der Waals surface area contributed by atoms with E-state index >= 15 is 0 Å². The van der Waals surface area contributed by atoms with Gasteiger partial charge in [0.1, 0.15) is 11.6 Å². The lowest BCUT2D eigenvalue weighted by Crippen LogP contribution is -2.36. The van der Waals surface area contributed by atoms with Gasteiger partial charge in [0.25, 0.3) is 5.91 Å². The average molecular weight is 475 g/mol. The Morgan fingerprint density at radius 1 is 1.09 bits per heavy atom. The molecule has 7 nitrogen and oxygen atoms in total. The van der Waals surface area contributed by atoms with Crippen LogP contribution in [0, 0.1) is 0 Å². The van der Waals surface area contributed by atoms with E-state index in [0.717, 1.165) is 28.4 Å². The Bertz CT molecular complexity index is 1310. The summed E-state index contributed by atoms with van der Waals surface area (Å²) < 4.78 is 7.14. The molecule has 0 unspecified atom stereocenters. The van der Waals surface area contributed by atoms with Gasteiger partial charge >= 0.3 is 0 Å². The van der Waals surface area contributed by atoms with Crippen LogP contribution in [-0.2, 0) is 24.3 Å². The van der Waals surface area contributed by atoms with Crippen molar-refractivity contribution in [2.75, 3.05) is 11.4 Å². The van der Waals surface area contributed by atoms with Gasteiger partial charge < -0.3 is 9.73 Å². The van der Waals surface area contributed by atoms with Crippen LogP contribution < -0.4 is 10.2 Å². The number of hydrogen-bond acceptors (Lipinski definition) is 4. The molecular weight excluding hydrogens is 452 g/mol. The summed E-state index contributed by atoms with van der Waals surface area (Å²) in [7, 11) is 0. The molecular formula is C26H23ClN4O3. The number of nitrogens with one attached hydrogen (secondary N) is 1. The number of hydrogen-bond donors (Lipinski definition) is 1. The number of fused-ring (bicyclic) bond motifs is 1. The number of halogens is 1. The predicted octanol–water partition coefficient (Wildman–Crippen LogP) is 4.71. The van der Waals surface area contributed by atoms with Crippen LogP contribution in [0.15, 0.2) is 77.4 Å². The third kappa shape index (κ3) is 4.75. The molecule has 0 bridgehead atoms. The van der Waals surface area contributed by atoms with Gasteiger partial charge in [-0.1, -0.05) is 35.9 Å². The van der Waals surface area contributed by atoms with E-state index < -0.39 is 0 Å². The molecule has 2 aromatic heterocycles. The molecule has 172 valence electrons. The third-order valence-corrected chi connectivity index (χ3v) is 6.02. The second-order valence-electron chi connectivity index (χ2n) is 8.13. The highest BCUT2D eigenvalue weighted by Gasteiger charge is 2.26. The SMILES string of the molecule is O=C(NCCc1ccco1)c1ccc(CN2C(=O)CCn3nc(-c4cccc(Cl)c4)cc32)cc1. The Hall–Kier alpha value is -3.84. The van der Waals surface area contributed by atoms with E-state index in [1.54, 1.807) is 23.3 Å². The first kappa shape index (κ1) is 22.0. The van der Waals surface area contributed by atoms with Gasteiger partial charge in [-0.15, -0.1) is 0 Å². The van der Waals surface area contributed by atoms with Crippen LogP contribution in [0.1, 0.15) is 28.1 Å². The van der Waals surface area contributed by atoms with Gasteiger partial charge in [0, 0.05) is 41.6 Å². The summed E-state index contributed by atoms with van der Waals surface area (Å²) in [5.41, 5.74) is 3.18. The van der Waals surface area contributed by atoms with Crippen molar-refractivity contribution >= 4 is 29.2 Å². The van der Waals surface area contributed by atoms with E-state index in [-0.39, 0.29) is 11.8 Å². The summed E-state index contributed by atoms with van der Waals surface area (Å²) >= 11 is 6.14. The number of carbonyl (C=O) groups is 2. The standard InChI is InChI=1S/C26H23ClN4O3/c27-21-4-1-3-20(15-21)23-16-24-30(25(32)11-13-31(24)29-23)17-18-6-8-19(9-7-18)26(33)28-12-10-22-5-2-14-34-22/h1-9,14-16H,10-13,17H2,(H,28,33). The summed E-state index contributed by atoms with van der Waals surface area (Å²) in [6.07, 6.45) is 2.65. The van der Waals surface area contributed by atoms with Gasteiger partial charge in [-0.2, -0.15) is 5.10 Å². The molecule has 2 aromatic carbocycles. The molecule has 3 heterocycles. The highest BCUT2D eigenvalue weighted by molar-refractivity contribution is 6.30. The largest absolute Gasteiger partial charge is 0.469 e. The number of furan rings is 1. The van der Waals surface area contributed by atoms with Crippen LogP contribution in [0.2, 0.25) is 5.02 Å². The molecule has 0 aliphatic carbocycles. The molecule has 34 heavy (non-hydrogen) atoms. The molecule has 0 saturated heterocycles. The number of rotatable bonds is 7. The zero-order chi connectivity index (χ0) is 23.5. The first-order valence-corrected chi connectivity index (χ1v) is 11.5. The third-order valence-electron chi connectivity index (χ3n) is 5.79. The van der Waals surface area contributed by atoms with Crippen molar-refractivity contribution in [3.63, 3.8) is 0 Å². The van der Waals surface area contributed by atoms with Crippen LogP contribution in [0.3, 0.4) is 0 Å². The van der Waals surface area contributed by atoms with Crippen molar-refractivity contribution in [1.82, 2.24) is 15.1 Å². The fraction of sp³-hybridized carbons (Fsp3) is 0.192. The minimum Gasteiger partial charge on any atom is -0.469 e. The molecule has 0 fully saturated rings. The van der Waals surface area contributed by atoms with Gasteiger partial charge in [0.05, 0.1) is 25.0 Å². The predicted molar refractivity (Wildman–Crippen MR) is 130 cm³/mol. The van der Waals surface area contributed by atoms with Crippen molar-refractivity contribution in [2.45, 2.75) is 25.9 Å². The number of amides is 2. The fourth-order valence-corrected chi connectivity index (χ4v) is 4.20. The summed E-state index contributed by atoms with van der Waals surface area (Å²) in [6.45, 7) is 1.44. The van der Waals surface area contributed by atoms with E-state index in [0.29, 0.717) is 43.1 Å². The Labute approximate surface area is 201 Å². The monoisotopic (exact) mass is 474 g/mol. The number of benzene rings is 2. The van der Waals surface area contributed by atoms with E-state index in [1.807, 2.05) is 59.3 Å². The minimum atomic E-state index is -0.142. The minimum absolute atomic E-state index is 0.0461. The molecule has 0 saturated carbocycles. The summed E-state index contributed by atoms with van der Waals surface area (Å²) in [5.74, 6) is 1.49. The molecule has 1 N–H and O–H groups in total. The summed E-state index contributed by atoms with van der Waals surface area (Å²) in [4.78, 5) is 26.9. The van der Waals surface area contributed by atoms with Gasteiger partial charge in [0.2, 0.25) is 5.91 Å². The second-order valence-corrected chi connectivity index (χ2v) is 8.57. The topological polar surface area (TPSA) is 80.4 Å². The normalized spacial score (nSPS) is 13.1. The smallest absolute Gasteiger partial charge is 0.251 e. The maximum Gasteiger partial charge on any atom is 0.251 e. The van der Waals surface area contributed by atoms with Gasteiger partial charge in [-0.05, 0) is 42.0 Å². The van der Waals surface area contributed by atoms with E-state index in [4.69, 9.17) is 16.0 Å². The average Bonchev–Trinajstić information content (AvgIpc) is 3.51. The molecule has 8 heteroatoms. The van der Waals surface area contributed by atoms with Crippen molar-refractivity contribution in [2.24, 2.45) is 0 Å². The second kappa shape index (κ2) is 9.57. The van der Waals surface area contributed by atoms with Crippen LogP contribution >= 0.6 is 11.6 Å². The molecule has 0 radical (unpaired) electrons. The van der Waals surface area contributed by atoms with Crippen LogP contribution in [-0.4, -0.2) is 28.1 Å². The Morgan fingerprint density at radius 2 is 1.94 bits per heavy atom. The lowest BCUT2D eigenvalue weighted by molar-refractivity contribution is -0.119. The van der Waals surface area contributed by atoms with Gasteiger partial charge in [-0.3, -0.25) is 14.5 Å². The fourth-order valence-electron chi connectivity index (χ4n) is 4.01. The van der Waals surface area contributed by atoms with E-state index in [9.17, 15) is 9.59 Å². The van der Waals surface area contributed by atoms with Crippen molar-refractivity contribution in [3.05, 3.63) is 94.9 Å². The van der Waals surface area contributed by atoms with Crippen molar-refractivity contribution < 1.29 is 14.0 Å². The number of carbonyl (C=O) groups excluding carboxylic acids is 2. The quantitative estimate of drug-likeness (QED) is 0.421. The first-order valence-electron chi connectivity index (χ1n) is 11.1. The number of aryl methyl sites for hydroxylation is 1. The number of aromatic nitrogens is 2. The molecule has 0 spiro atoms. The van der Waals surface area contributed by atoms with Gasteiger partial charge in [0.15, 0.2) is 0 Å². The van der Waals surface area contributed by atoms with Crippen LogP contribution in [0.4, 0.5) is 5.82 Å². The highest BCUT2D eigenvalue weighted by atomic mass is 35.5. The van der Waals surface area contributed by atoms with E-state index in [2.05, 4.69) is 10.4 Å². The van der Waals surface area contributed by atoms with Crippen LogP contribution in [0.25, 0.3) is 11.3 Å². The first-order chi connectivity index (χ1) is 16.6. The Morgan fingerprint density at radius 3 is 2.71 bits per heavy atom. The van der Waals surface area contributed by atoms with Crippen molar-refractivity contribution in [1.29, 1.82) is 0 Å².